The summed E-state index contributed by atoms with van der Waals surface area (Å²) in [6, 6.07) is 3.16. The van der Waals surface area contributed by atoms with Gasteiger partial charge in [-0.15, -0.1) is 0 Å². The lowest BCUT2D eigenvalue weighted by Crippen LogP contribution is -1.98. The fourth-order valence-electron chi connectivity index (χ4n) is 0.492. The maximum absolute atomic E-state index is 5.54. The predicted octanol–water partition coefficient (Wildman–Crippen LogP) is 2.71. The predicted molar refractivity (Wildman–Crippen MR) is 42.3 cm³/mol. The molecule has 0 saturated heterocycles. The van der Waals surface area contributed by atoms with Crippen LogP contribution in [-0.4, -0.2) is 4.98 Å². The summed E-state index contributed by atoms with van der Waals surface area (Å²) in [7, 11) is 0. The third-order valence-corrected chi connectivity index (χ3v) is 1.61. The van der Waals surface area contributed by atoms with Crippen LogP contribution in [0.5, 0.6) is 0 Å². The van der Waals surface area contributed by atoms with E-state index in [4.69, 9.17) is 34.8 Å². The van der Waals surface area contributed by atoms with E-state index in [1.807, 2.05) is 0 Å². The quantitative estimate of drug-likeness (QED) is 0.580. The average Bonchev–Trinajstić information content (AvgIpc) is 1.88. The molecule has 0 amide bonds. The van der Waals surface area contributed by atoms with Crippen LogP contribution in [0.4, 0.5) is 0 Å². The summed E-state index contributed by atoms with van der Waals surface area (Å²) < 4.78 is -1.36. The molecule has 0 atom stereocenters. The highest BCUT2D eigenvalue weighted by Gasteiger charge is 2.21. The van der Waals surface area contributed by atoms with Gasteiger partial charge in [0.05, 0.1) is 6.20 Å². The largest absolute Gasteiger partial charge is 0.255 e. The Balaban J connectivity index is 2.97. The molecule has 0 aliphatic heterocycles. The third kappa shape index (κ3) is 2.01. The van der Waals surface area contributed by atoms with E-state index >= 15 is 0 Å². The molecule has 0 N–H and O–H groups in total. The highest BCUT2D eigenvalue weighted by Crippen LogP contribution is 2.37. The van der Waals surface area contributed by atoms with Gasteiger partial charge in [-0.25, -0.2) is 0 Å². The van der Waals surface area contributed by atoms with Crippen molar-refractivity contribution in [2.75, 3.05) is 0 Å². The molecule has 1 aromatic rings. The Morgan fingerprint density at radius 2 is 2.10 bits per heavy atom. The lowest BCUT2D eigenvalue weighted by Gasteiger charge is -2.08. The van der Waals surface area contributed by atoms with E-state index in [2.05, 4.69) is 11.2 Å². The summed E-state index contributed by atoms with van der Waals surface area (Å²) in [5.74, 6) is 0. The molecule has 1 radical (unpaired) electrons. The van der Waals surface area contributed by atoms with Gasteiger partial charge in [-0.05, 0) is 12.1 Å². The Kier molecular flexibility index (Phi) is 2.40. The smallest absolute Gasteiger partial charge is 0.216 e. The van der Waals surface area contributed by atoms with E-state index in [0.29, 0.717) is 5.56 Å². The van der Waals surface area contributed by atoms with Gasteiger partial charge < -0.3 is 0 Å². The molecule has 1 nitrogen and oxygen atoms in total. The van der Waals surface area contributed by atoms with Crippen molar-refractivity contribution in [3.63, 3.8) is 0 Å². The highest BCUT2D eigenvalue weighted by molar-refractivity contribution is 6.66. The monoisotopic (exact) mass is 194 g/mol. The van der Waals surface area contributed by atoms with E-state index in [-0.39, 0.29) is 0 Å². The second kappa shape index (κ2) is 2.95. The summed E-state index contributed by atoms with van der Waals surface area (Å²) in [6.07, 6.45) is 4.09. The van der Waals surface area contributed by atoms with Crippen LogP contribution in [0.3, 0.4) is 0 Å². The normalized spacial score (nSPS) is 11.5. The molecule has 0 unspecified atom stereocenters. The van der Waals surface area contributed by atoms with Crippen LogP contribution in [0.1, 0.15) is 5.56 Å². The second-order valence-corrected chi connectivity index (χ2v) is 3.95. The molecule has 1 rings (SSSR count). The van der Waals surface area contributed by atoms with Crippen molar-refractivity contribution < 1.29 is 0 Å². The fraction of sp³-hybridized carbons (Fsp3) is 0.167. The van der Waals surface area contributed by atoms with Crippen LogP contribution >= 0.6 is 34.8 Å². The minimum atomic E-state index is -1.36. The molecule has 0 aromatic carbocycles. The zero-order valence-corrected chi connectivity index (χ0v) is 7.08. The topological polar surface area (TPSA) is 12.9 Å². The summed E-state index contributed by atoms with van der Waals surface area (Å²) in [4.78, 5) is 3.66. The van der Waals surface area contributed by atoms with Gasteiger partial charge in [-0.1, -0.05) is 34.8 Å². The second-order valence-electron chi connectivity index (χ2n) is 1.67. The number of hydrogen-bond donors (Lipinski definition) is 0. The zero-order valence-electron chi connectivity index (χ0n) is 4.81. The first-order valence-electron chi connectivity index (χ1n) is 2.50. The number of aromatic nitrogens is 1. The molecule has 0 saturated carbocycles. The van der Waals surface area contributed by atoms with Crippen molar-refractivity contribution in [3.8, 4) is 0 Å². The molecule has 0 bridgehead atoms. The first-order chi connectivity index (χ1) is 4.61. The van der Waals surface area contributed by atoms with Crippen LogP contribution in [-0.2, 0) is 3.79 Å². The van der Waals surface area contributed by atoms with Gasteiger partial charge in [0.25, 0.3) is 0 Å². The van der Waals surface area contributed by atoms with Gasteiger partial charge in [0.15, 0.2) is 0 Å². The molecule has 10 heavy (non-hydrogen) atoms. The molecule has 1 aromatic heterocycles. The van der Waals surface area contributed by atoms with Crippen LogP contribution < -0.4 is 0 Å². The SMILES string of the molecule is ClC(Cl)(Cl)c1c[c]ncc1. The van der Waals surface area contributed by atoms with Crippen molar-refractivity contribution in [1.82, 2.24) is 4.98 Å². The van der Waals surface area contributed by atoms with Gasteiger partial charge in [0.2, 0.25) is 3.79 Å². The molecule has 0 spiro atoms. The van der Waals surface area contributed by atoms with Crippen molar-refractivity contribution in [2.45, 2.75) is 3.79 Å². The maximum Gasteiger partial charge on any atom is 0.216 e. The van der Waals surface area contributed by atoms with Crippen LogP contribution in [0.2, 0.25) is 0 Å². The standard InChI is InChI=1S/C6H3Cl3N/c7-6(8,9)5-1-3-10-4-2-5/h1-3H. The fourth-order valence-corrected chi connectivity index (χ4v) is 0.844. The van der Waals surface area contributed by atoms with Crippen molar-refractivity contribution in [3.05, 3.63) is 30.1 Å². The van der Waals surface area contributed by atoms with Gasteiger partial charge in [0.1, 0.15) is 0 Å². The summed E-state index contributed by atoms with van der Waals surface area (Å²) in [5.41, 5.74) is 0.576. The molecule has 0 aliphatic carbocycles. The lowest BCUT2D eigenvalue weighted by atomic mass is 10.3. The molecule has 1 heterocycles. The van der Waals surface area contributed by atoms with Crippen LogP contribution in [0.25, 0.3) is 0 Å². The van der Waals surface area contributed by atoms with Gasteiger partial charge in [-0.3, -0.25) is 4.98 Å². The molecule has 0 fully saturated rings. The van der Waals surface area contributed by atoms with Crippen molar-refractivity contribution >= 4 is 34.8 Å². The molecular formula is C6H3Cl3N. The summed E-state index contributed by atoms with van der Waals surface area (Å²) >= 11 is 16.6. The first-order valence-corrected chi connectivity index (χ1v) is 3.63. The van der Waals surface area contributed by atoms with Gasteiger partial charge >= 0.3 is 0 Å². The van der Waals surface area contributed by atoms with E-state index in [1.165, 1.54) is 12.3 Å². The Labute approximate surface area is 73.9 Å². The molecule has 0 aliphatic rings. The Hall–Kier alpha value is 0.0200. The number of hydrogen-bond acceptors (Lipinski definition) is 1. The molecule has 53 valence electrons. The average molecular weight is 195 g/mol. The summed E-state index contributed by atoms with van der Waals surface area (Å²) in [6.45, 7) is 0. The Morgan fingerprint density at radius 1 is 1.40 bits per heavy atom. The first kappa shape index (κ1) is 8.12. The van der Waals surface area contributed by atoms with E-state index in [1.54, 1.807) is 6.07 Å². The maximum atomic E-state index is 5.54. The minimum Gasteiger partial charge on any atom is -0.255 e. The number of rotatable bonds is 0. The van der Waals surface area contributed by atoms with E-state index in [0.717, 1.165) is 0 Å². The highest BCUT2D eigenvalue weighted by atomic mass is 35.6. The van der Waals surface area contributed by atoms with Crippen LogP contribution in [0, 0.1) is 6.20 Å². The van der Waals surface area contributed by atoms with Gasteiger partial charge in [-0.2, -0.15) is 0 Å². The van der Waals surface area contributed by atoms with Gasteiger partial charge in [0, 0.05) is 11.8 Å². The lowest BCUT2D eigenvalue weighted by molar-refractivity contribution is 1.18. The molecular weight excluding hydrogens is 192 g/mol. The zero-order chi connectivity index (χ0) is 7.61. The number of nitrogens with zero attached hydrogens (tertiary/aromatic N) is 1. The minimum absolute atomic E-state index is 0.576. The van der Waals surface area contributed by atoms with E-state index < -0.39 is 3.79 Å². The third-order valence-electron chi connectivity index (χ3n) is 0.951. The molecule has 4 heteroatoms. The Bertz CT molecular complexity index is 204. The van der Waals surface area contributed by atoms with Crippen LogP contribution in [0.15, 0.2) is 18.3 Å². The van der Waals surface area contributed by atoms with Crippen molar-refractivity contribution in [1.29, 1.82) is 0 Å². The van der Waals surface area contributed by atoms with E-state index in [9.17, 15) is 0 Å². The number of alkyl halides is 3. The van der Waals surface area contributed by atoms with Crippen molar-refractivity contribution in [2.24, 2.45) is 0 Å². The number of halogens is 3. The number of pyridine rings is 1. The summed E-state index contributed by atoms with van der Waals surface area (Å²) in [5, 5.41) is 0. The Morgan fingerprint density at radius 3 is 2.40 bits per heavy atom.